The van der Waals surface area contributed by atoms with E-state index in [1.807, 2.05) is 6.92 Å². The van der Waals surface area contributed by atoms with E-state index < -0.39 is 78.8 Å². The summed E-state index contributed by atoms with van der Waals surface area (Å²) in [6.07, 6.45) is -7.30. The molecule has 36 heavy (non-hydrogen) atoms. The molecule has 0 aromatic rings. The molecule has 4 aliphatic rings. The highest BCUT2D eigenvalue weighted by Crippen LogP contribution is 2.41. The van der Waals surface area contributed by atoms with Crippen LogP contribution in [0.3, 0.4) is 0 Å². The Labute approximate surface area is 210 Å². The van der Waals surface area contributed by atoms with Crippen LogP contribution in [0.4, 0.5) is 8.78 Å². The van der Waals surface area contributed by atoms with Crippen molar-refractivity contribution in [1.29, 1.82) is 0 Å². The van der Waals surface area contributed by atoms with Crippen molar-refractivity contribution in [3.05, 3.63) is 0 Å². The summed E-state index contributed by atoms with van der Waals surface area (Å²) >= 11 is 0. The van der Waals surface area contributed by atoms with Gasteiger partial charge in [-0.1, -0.05) is 13.8 Å². The van der Waals surface area contributed by atoms with E-state index >= 15 is 0 Å². The van der Waals surface area contributed by atoms with Gasteiger partial charge in [-0.25, -0.2) is 8.78 Å². The Bertz CT molecular complexity index is 793. The van der Waals surface area contributed by atoms with Crippen molar-refractivity contribution in [3.63, 3.8) is 0 Å². The van der Waals surface area contributed by atoms with Crippen LogP contribution in [-0.2, 0) is 47.5 Å². The number of fused-ring (bicyclic) bond motifs is 1. The molecule has 0 N–H and O–H groups in total. The van der Waals surface area contributed by atoms with Crippen LogP contribution in [0.15, 0.2) is 0 Å². The molecule has 4 fully saturated rings. The molecule has 0 aromatic carbocycles. The summed E-state index contributed by atoms with van der Waals surface area (Å²) in [4.78, 5) is 21.9. The number of carbonyl (C=O) groups is 2. The molecule has 4 saturated heterocycles. The number of hydrogen-bond donors (Lipinski definition) is 0. The summed E-state index contributed by atoms with van der Waals surface area (Å²) in [6, 6.07) is 0. The number of carbonyl (C=O) groups excluding carboxylic acids is 2. The molecule has 12 heteroatoms. The first-order valence-electron chi connectivity index (χ1n) is 12.2. The molecule has 10 atom stereocenters. The number of esters is 2. The van der Waals surface area contributed by atoms with Crippen LogP contribution in [0.1, 0.15) is 61.8 Å². The molecule has 4 rings (SSSR count). The minimum Gasteiger partial charge on any atom is -0.453 e. The van der Waals surface area contributed by atoms with Crippen LogP contribution < -0.4 is 0 Å². The van der Waals surface area contributed by atoms with Gasteiger partial charge in [-0.15, -0.1) is 0 Å². The Kier molecular flexibility index (Phi) is 9.00. The van der Waals surface area contributed by atoms with Gasteiger partial charge in [0.1, 0.15) is 24.5 Å². The van der Waals surface area contributed by atoms with Gasteiger partial charge in [-0.3, -0.25) is 9.59 Å². The molecule has 10 nitrogen and oxygen atoms in total. The maximum absolute atomic E-state index is 14.3. The molecular weight excluding hydrogens is 486 g/mol. The quantitative estimate of drug-likeness (QED) is 0.510. The standard InChI is InChI=1S/2C12H19FO5/c1-11(2)14-5-6(16-11)8-7(13)9-10(15-8)18-12(3,4)17-9;1-5-9-6(2)10(13)11(16-7(3)14)12(18-9)17-8(4)15/h6-10H,5H2,1-4H3;6,9-12H,5H2,1-4H3/t6-,7+,8-,9-,10-;6-,9-,10+,11-,12?/m11/s1. The number of rotatable bonds is 4. The molecule has 0 saturated carbocycles. The predicted molar refractivity (Wildman–Crippen MR) is 119 cm³/mol. The minimum absolute atomic E-state index is 0.320. The number of hydrogen-bond acceptors (Lipinski definition) is 10. The predicted octanol–water partition coefficient (Wildman–Crippen LogP) is 2.94. The number of alkyl halides is 2. The lowest BCUT2D eigenvalue weighted by Crippen LogP contribution is -2.54. The summed E-state index contributed by atoms with van der Waals surface area (Å²) in [5, 5.41) is 0. The smallest absolute Gasteiger partial charge is 0.305 e. The van der Waals surface area contributed by atoms with Gasteiger partial charge in [0, 0.05) is 19.8 Å². The first-order valence-corrected chi connectivity index (χ1v) is 12.2. The molecule has 4 heterocycles. The highest BCUT2D eigenvalue weighted by molar-refractivity contribution is 5.67. The van der Waals surface area contributed by atoms with Gasteiger partial charge in [-0.05, 0) is 34.1 Å². The molecular formula is C24H38F2O10. The van der Waals surface area contributed by atoms with Crippen molar-refractivity contribution in [2.75, 3.05) is 6.61 Å². The van der Waals surface area contributed by atoms with Crippen molar-refractivity contribution < 1.29 is 56.3 Å². The SMILES string of the molecule is CC1(C)O[C@H]2O[C@H]([C@H]3COC(C)(C)O3)[C@H](F)[C@H]2O1.CC[C@H]1OC(OC(C)=O)[C@H](OC(C)=O)[C@@H](F)[C@@H]1C. The Morgan fingerprint density at radius 3 is 2.03 bits per heavy atom. The Balaban J connectivity index is 0.000000201. The monoisotopic (exact) mass is 524 g/mol. The highest BCUT2D eigenvalue weighted by atomic mass is 19.1. The van der Waals surface area contributed by atoms with Crippen LogP contribution in [0.25, 0.3) is 0 Å². The van der Waals surface area contributed by atoms with E-state index in [1.54, 1.807) is 34.6 Å². The fourth-order valence-corrected chi connectivity index (χ4v) is 4.73. The largest absolute Gasteiger partial charge is 0.453 e. The molecule has 0 spiro atoms. The molecule has 0 aliphatic carbocycles. The van der Waals surface area contributed by atoms with Gasteiger partial charge in [0.05, 0.1) is 12.7 Å². The van der Waals surface area contributed by atoms with Crippen molar-refractivity contribution >= 4 is 11.9 Å². The molecule has 4 aliphatic heterocycles. The molecule has 1 unspecified atom stereocenters. The fourth-order valence-electron chi connectivity index (χ4n) is 4.73. The summed E-state index contributed by atoms with van der Waals surface area (Å²) in [5.41, 5.74) is 0. The van der Waals surface area contributed by atoms with Gasteiger partial charge in [0.25, 0.3) is 0 Å². The van der Waals surface area contributed by atoms with E-state index in [4.69, 9.17) is 37.9 Å². The minimum atomic E-state index is -1.42. The van der Waals surface area contributed by atoms with Crippen LogP contribution in [0, 0.1) is 5.92 Å². The van der Waals surface area contributed by atoms with E-state index in [0.717, 1.165) is 0 Å². The topological polar surface area (TPSA) is 108 Å². The lowest BCUT2D eigenvalue weighted by atomic mass is 9.90. The molecule has 208 valence electrons. The molecule has 0 bridgehead atoms. The van der Waals surface area contributed by atoms with Crippen LogP contribution in [-0.4, -0.2) is 85.6 Å². The van der Waals surface area contributed by atoms with Crippen molar-refractivity contribution in [2.24, 2.45) is 5.92 Å². The third-order valence-corrected chi connectivity index (χ3v) is 6.37. The second-order valence-electron chi connectivity index (χ2n) is 10.3. The van der Waals surface area contributed by atoms with Gasteiger partial charge in [-0.2, -0.15) is 0 Å². The summed E-state index contributed by atoms with van der Waals surface area (Å²) < 4.78 is 71.4. The zero-order valence-electron chi connectivity index (χ0n) is 22.0. The lowest BCUT2D eigenvalue weighted by Gasteiger charge is -2.40. The highest BCUT2D eigenvalue weighted by Gasteiger charge is 2.58. The molecule has 0 aromatic heterocycles. The van der Waals surface area contributed by atoms with Gasteiger partial charge in [0.2, 0.25) is 6.29 Å². The lowest BCUT2D eigenvalue weighted by molar-refractivity contribution is -0.269. The van der Waals surface area contributed by atoms with Crippen LogP contribution in [0.2, 0.25) is 0 Å². The van der Waals surface area contributed by atoms with E-state index in [2.05, 4.69) is 0 Å². The summed E-state index contributed by atoms with van der Waals surface area (Å²) in [5.74, 6) is -3.14. The first-order chi connectivity index (χ1) is 16.6. The fraction of sp³-hybridized carbons (Fsp3) is 0.917. The summed E-state index contributed by atoms with van der Waals surface area (Å²) in [6.45, 7) is 13.3. The van der Waals surface area contributed by atoms with Crippen molar-refractivity contribution in [1.82, 2.24) is 0 Å². The molecule has 0 amide bonds. The van der Waals surface area contributed by atoms with E-state index in [-0.39, 0.29) is 6.10 Å². The van der Waals surface area contributed by atoms with Crippen LogP contribution in [0.5, 0.6) is 0 Å². The Morgan fingerprint density at radius 2 is 1.53 bits per heavy atom. The maximum Gasteiger partial charge on any atom is 0.305 e. The van der Waals surface area contributed by atoms with E-state index in [1.165, 1.54) is 13.8 Å². The first kappa shape index (κ1) is 29.1. The van der Waals surface area contributed by atoms with Gasteiger partial charge < -0.3 is 37.9 Å². The Morgan fingerprint density at radius 1 is 0.889 bits per heavy atom. The van der Waals surface area contributed by atoms with Gasteiger partial charge in [0.15, 0.2) is 30.1 Å². The van der Waals surface area contributed by atoms with Gasteiger partial charge >= 0.3 is 11.9 Å². The normalized spacial score (nSPS) is 42.7. The zero-order chi connectivity index (χ0) is 27.0. The van der Waals surface area contributed by atoms with E-state index in [9.17, 15) is 18.4 Å². The Hall–Kier alpha value is -1.44. The maximum atomic E-state index is 14.3. The third kappa shape index (κ3) is 6.70. The average molecular weight is 525 g/mol. The second kappa shape index (κ2) is 11.1. The molecule has 0 radical (unpaired) electrons. The summed E-state index contributed by atoms with van der Waals surface area (Å²) in [7, 11) is 0. The van der Waals surface area contributed by atoms with Crippen molar-refractivity contribution in [2.45, 2.75) is 129 Å². The third-order valence-electron chi connectivity index (χ3n) is 6.37. The number of ether oxygens (including phenoxy) is 8. The van der Waals surface area contributed by atoms with Crippen molar-refractivity contribution in [3.8, 4) is 0 Å². The second-order valence-corrected chi connectivity index (χ2v) is 10.3. The van der Waals surface area contributed by atoms with Crippen LogP contribution >= 0.6 is 0 Å². The number of halogens is 2. The zero-order valence-corrected chi connectivity index (χ0v) is 22.0. The van der Waals surface area contributed by atoms with E-state index in [0.29, 0.717) is 13.0 Å². The average Bonchev–Trinajstić information content (AvgIpc) is 3.37.